The number of amidine groups is 1. The Balaban J connectivity index is 2.10. The predicted octanol–water partition coefficient (Wildman–Crippen LogP) is 1.76. The Kier molecular flexibility index (Phi) is 5.45. The molecule has 1 amide bonds. The summed E-state index contributed by atoms with van der Waals surface area (Å²) in [7, 11) is 0. The summed E-state index contributed by atoms with van der Waals surface area (Å²) >= 11 is 0. The second-order valence-electron chi connectivity index (χ2n) is 6.30. The highest BCUT2D eigenvalue weighted by molar-refractivity contribution is 6.06. The zero-order valence-corrected chi connectivity index (χ0v) is 12.8. The number of nitrogens with zero attached hydrogens (tertiary/aromatic N) is 1. The van der Waals surface area contributed by atoms with Crippen molar-refractivity contribution in [2.24, 2.45) is 16.3 Å². The van der Waals surface area contributed by atoms with E-state index in [1.165, 1.54) is 0 Å². The largest absolute Gasteiger partial charge is 0.409 e. The fraction of sp³-hybridized carbons (Fsp3) is 0.867. The highest BCUT2D eigenvalue weighted by Gasteiger charge is 2.44. The van der Waals surface area contributed by atoms with Gasteiger partial charge in [0.1, 0.15) is 5.41 Å². The van der Waals surface area contributed by atoms with E-state index in [0.29, 0.717) is 12.8 Å². The Morgan fingerprint density at radius 2 is 2.00 bits per heavy atom. The molecule has 6 nitrogen and oxygen atoms in total. The van der Waals surface area contributed by atoms with Gasteiger partial charge in [-0.2, -0.15) is 0 Å². The van der Waals surface area contributed by atoms with Crippen molar-refractivity contribution in [3.63, 3.8) is 0 Å². The molecule has 0 aromatic heterocycles. The van der Waals surface area contributed by atoms with Crippen LogP contribution in [0.5, 0.6) is 0 Å². The number of carbonyl (C=O) groups excluding carboxylic acids is 1. The Hall–Kier alpha value is -1.30. The number of ether oxygens (including phenoxy) is 1. The molecule has 1 aliphatic carbocycles. The van der Waals surface area contributed by atoms with Gasteiger partial charge in [0.2, 0.25) is 5.91 Å². The maximum absolute atomic E-state index is 12.8. The first-order valence-electron chi connectivity index (χ1n) is 8.01. The van der Waals surface area contributed by atoms with E-state index in [4.69, 9.17) is 15.7 Å². The lowest BCUT2D eigenvalue weighted by Crippen LogP contribution is -2.53. The summed E-state index contributed by atoms with van der Waals surface area (Å²) in [5.41, 5.74) is 5.03. The molecule has 4 N–H and O–H groups in total. The SMILES string of the molecule is CC(NC(=O)C1(C(N)=NO)CCCCCC1)C1CCCO1. The maximum atomic E-state index is 12.8. The predicted molar refractivity (Wildman–Crippen MR) is 80.1 cm³/mol. The molecule has 1 saturated carbocycles. The normalized spacial score (nSPS) is 27.9. The summed E-state index contributed by atoms with van der Waals surface area (Å²) in [5, 5.41) is 15.3. The minimum absolute atomic E-state index is 0.0430. The second kappa shape index (κ2) is 7.11. The molecule has 6 heteroatoms. The van der Waals surface area contributed by atoms with Gasteiger partial charge in [-0.05, 0) is 32.6 Å². The van der Waals surface area contributed by atoms with Crippen LogP contribution in [0.25, 0.3) is 0 Å². The standard InChI is InChI=1S/C15H27N3O3/c1-11(12-7-6-10-21-12)17-14(19)15(13(16)18-20)8-4-2-3-5-9-15/h11-12,20H,2-10H2,1H3,(H2,16,18)(H,17,19). The molecule has 2 atom stereocenters. The molecule has 120 valence electrons. The fourth-order valence-electron chi connectivity index (χ4n) is 3.46. The number of hydrogen-bond acceptors (Lipinski definition) is 4. The van der Waals surface area contributed by atoms with Crippen LogP contribution in [0.15, 0.2) is 5.16 Å². The lowest BCUT2D eigenvalue weighted by molar-refractivity contribution is -0.129. The third-order valence-electron chi connectivity index (χ3n) is 4.87. The number of oxime groups is 1. The summed E-state index contributed by atoms with van der Waals surface area (Å²) in [6.07, 6.45) is 7.41. The van der Waals surface area contributed by atoms with Crippen molar-refractivity contribution in [2.45, 2.75) is 70.4 Å². The van der Waals surface area contributed by atoms with Gasteiger partial charge in [0.15, 0.2) is 5.84 Å². The third kappa shape index (κ3) is 3.48. The molecule has 1 saturated heterocycles. The molecule has 2 fully saturated rings. The number of nitrogens with one attached hydrogen (secondary N) is 1. The first-order valence-corrected chi connectivity index (χ1v) is 8.01. The third-order valence-corrected chi connectivity index (χ3v) is 4.87. The van der Waals surface area contributed by atoms with E-state index in [1.54, 1.807) is 0 Å². The van der Waals surface area contributed by atoms with Gasteiger partial charge in [0.05, 0.1) is 12.1 Å². The number of amides is 1. The monoisotopic (exact) mass is 297 g/mol. The van der Waals surface area contributed by atoms with Crippen LogP contribution in [0.4, 0.5) is 0 Å². The van der Waals surface area contributed by atoms with E-state index in [1.807, 2.05) is 6.92 Å². The molecule has 0 bridgehead atoms. The van der Waals surface area contributed by atoms with Crippen molar-refractivity contribution in [1.29, 1.82) is 0 Å². The van der Waals surface area contributed by atoms with Gasteiger partial charge >= 0.3 is 0 Å². The summed E-state index contributed by atoms with van der Waals surface area (Å²) in [4.78, 5) is 12.8. The van der Waals surface area contributed by atoms with Crippen LogP contribution in [0, 0.1) is 5.41 Å². The Morgan fingerprint density at radius 1 is 1.33 bits per heavy atom. The zero-order chi connectivity index (χ0) is 15.3. The van der Waals surface area contributed by atoms with Crippen LogP contribution < -0.4 is 11.1 Å². The van der Waals surface area contributed by atoms with E-state index in [9.17, 15) is 4.79 Å². The minimum atomic E-state index is -0.863. The van der Waals surface area contributed by atoms with Gasteiger partial charge in [0.25, 0.3) is 0 Å². The molecule has 0 aromatic rings. The quantitative estimate of drug-likeness (QED) is 0.242. The Labute approximate surface area is 126 Å². The smallest absolute Gasteiger partial charge is 0.234 e. The number of hydrogen-bond donors (Lipinski definition) is 3. The molecular formula is C15H27N3O3. The minimum Gasteiger partial charge on any atom is -0.409 e. The van der Waals surface area contributed by atoms with E-state index in [2.05, 4.69) is 10.5 Å². The highest BCUT2D eigenvalue weighted by atomic mass is 16.5. The maximum Gasteiger partial charge on any atom is 0.234 e. The lowest BCUT2D eigenvalue weighted by atomic mass is 9.78. The van der Waals surface area contributed by atoms with Crippen molar-refractivity contribution in [3.05, 3.63) is 0 Å². The van der Waals surface area contributed by atoms with E-state index < -0.39 is 5.41 Å². The second-order valence-corrected chi connectivity index (χ2v) is 6.30. The molecule has 2 rings (SSSR count). The molecule has 2 aliphatic rings. The van der Waals surface area contributed by atoms with Gasteiger partial charge in [0, 0.05) is 6.61 Å². The first-order chi connectivity index (χ1) is 10.1. The lowest BCUT2D eigenvalue weighted by Gasteiger charge is -2.32. The topological polar surface area (TPSA) is 96.9 Å². The summed E-state index contributed by atoms with van der Waals surface area (Å²) < 4.78 is 5.62. The summed E-state index contributed by atoms with van der Waals surface area (Å²) in [5.74, 6) is -0.0795. The molecule has 0 radical (unpaired) electrons. The molecule has 1 aliphatic heterocycles. The van der Waals surface area contributed by atoms with Crippen LogP contribution in [0.1, 0.15) is 58.3 Å². The summed E-state index contributed by atoms with van der Waals surface area (Å²) in [6.45, 7) is 2.72. The van der Waals surface area contributed by atoms with Crippen molar-refractivity contribution in [1.82, 2.24) is 5.32 Å². The zero-order valence-electron chi connectivity index (χ0n) is 12.8. The van der Waals surface area contributed by atoms with Gasteiger partial charge in [-0.3, -0.25) is 4.79 Å². The molecule has 0 spiro atoms. The molecule has 21 heavy (non-hydrogen) atoms. The van der Waals surface area contributed by atoms with Gasteiger partial charge in [-0.15, -0.1) is 0 Å². The van der Waals surface area contributed by atoms with Gasteiger partial charge in [-0.25, -0.2) is 0 Å². The average molecular weight is 297 g/mol. The van der Waals surface area contributed by atoms with E-state index >= 15 is 0 Å². The number of rotatable bonds is 4. The van der Waals surface area contributed by atoms with Crippen LogP contribution >= 0.6 is 0 Å². The van der Waals surface area contributed by atoms with Crippen molar-refractivity contribution in [3.8, 4) is 0 Å². The van der Waals surface area contributed by atoms with Crippen LogP contribution in [0.2, 0.25) is 0 Å². The van der Waals surface area contributed by atoms with Gasteiger partial charge in [-0.1, -0.05) is 30.8 Å². The van der Waals surface area contributed by atoms with Crippen molar-refractivity contribution in [2.75, 3.05) is 6.61 Å². The molecular weight excluding hydrogens is 270 g/mol. The van der Waals surface area contributed by atoms with Gasteiger partial charge < -0.3 is 21.0 Å². The molecule has 1 heterocycles. The summed E-state index contributed by atoms with van der Waals surface area (Å²) in [6, 6.07) is -0.0494. The molecule has 2 unspecified atom stereocenters. The fourth-order valence-corrected chi connectivity index (χ4v) is 3.46. The van der Waals surface area contributed by atoms with Crippen LogP contribution in [0.3, 0.4) is 0 Å². The Morgan fingerprint density at radius 3 is 2.52 bits per heavy atom. The van der Waals surface area contributed by atoms with Crippen LogP contribution in [-0.4, -0.2) is 35.7 Å². The van der Waals surface area contributed by atoms with E-state index in [-0.39, 0.29) is 23.9 Å². The number of nitrogens with two attached hydrogens (primary N) is 1. The van der Waals surface area contributed by atoms with Crippen LogP contribution in [-0.2, 0) is 9.53 Å². The average Bonchev–Trinajstić information content (AvgIpc) is 2.91. The molecule has 0 aromatic carbocycles. The van der Waals surface area contributed by atoms with Crippen molar-refractivity contribution < 1.29 is 14.7 Å². The number of carbonyl (C=O) groups is 1. The Bertz CT molecular complexity index is 384. The highest BCUT2D eigenvalue weighted by Crippen LogP contribution is 2.36. The van der Waals surface area contributed by atoms with Crippen molar-refractivity contribution >= 4 is 11.7 Å². The van der Waals surface area contributed by atoms with E-state index in [0.717, 1.165) is 45.1 Å². The first kappa shape index (κ1) is 16.1.